The highest BCUT2D eigenvalue weighted by atomic mass is 32.1. The minimum absolute atomic E-state index is 0.0305. The first kappa shape index (κ1) is 13.0. The molecule has 0 saturated heterocycles. The lowest BCUT2D eigenvalue weighted by Gasteiger charge is -2.22. The van der Waals surface area contributed by atoms with E-state index in [0.29, 0.717) is 24.3 Å². The van der Waals surface area contributed by atoms with Crippen molar-refractivity contribution in [3.63, 3.8) is 0 Å². The Morgan fingerprint density at radius 1 is 1.22 bits per heavy atom. The van der Waals surface area contributed by atoms with Crippen LogP contribution in [0.25, 0.3) is 11.3 Å². The Hall–Kier alpha value is -1.49. The van der Waals surface area contributed by atoms with Crippen molar-refractivity contribution in [2.24, 2.45) is 0 Å². The van der Waals surface area contributed by atoms with Gasteiger partial charge in [-0.25, -0.2) is 13.8 Å². The molecule has 0 aliphatic carbocycles. The van der Waals surface area contributed by atoms with Crippen LogP contribution in [0.15, 0.2) is 17.5 Å². The zero-order valence-corrected chi connectivity index (χ0v) is 11.0. The van der Waals surface area contributed by atoms with Crippen molar-refractivity contribution in [2.75, 3.05) is 18.0 Å². The lowest BCUT2D eigenvalue weighted by molar-refractivity contribution is 0.574. The molecular formula is C13H13F2N2S. The highest BCUT2D eigenvalue weighted by Gasteiger charge is 2.17. The van der Waals surface area contributed by atoms with E-state index in [1.807, 2.05) is 13.8 Å². The van der Waals surface area contributed by atoms with Crippen LogP contribution >= 0.6 is 11.3 Å². The van der Waals surface area contributed by atoms with Gasteiger partial charge in [0.15, 0.2) is 5.51 Å². The van der Waals surface area contributed by atoms with Gasteiger partial charge in [-0.05, 0) is 26.0 Å². The molecule has 1 aromatic heterocycles. The van der Waals surface area contributed by atoms with E-state index in [4.69, 9.17) is 0 Å². The van der Waals surface area contributed by atoms with E-state index in [9.17, 15) is 8.78 Å². The van der Waals surface area contributed by atoms with Crippen LogP contribution < -0.4 is 4.90 Å². The zero-order valence-electron chi connectivity index (χ0n) is 10.2. The van der Waals surface area contributed by atoms with Gasteiger partial charge in [0.1, 0.15) is 17.3 Å². The Bertz CT molecular complexity index is 499. The molecule has 5 heteroatoms. The van der Waals surface area contributed by atoms with Gasteiger partial charge in [0.2, 0.25) is 0 Å². The summed E-state index contributed by atoms with van der Waals surface area (Å²) in [5.74, 6) is -1.11. The second kappa shape index (κ2) is 5.44. The molecule has 2 nitrogen and oxygen atoms in total. The standard InChI is InChI=1S/C13H13F2N2S/c1-3-17(4-2)13-10(14)5-9(6-11(13)15)12-7-18-8-16-12/h5-7H,3-4H2,1-2H3. The van der Waals surface area contributed by atoms with Crippen molar-refractivity contribution in [1.82, 2.24) is 4.98 Å². The Balaban J connectivity index is 2.47. The van der Waals surface area contributed by atoms with Crippen LogP contribution in [0, 0.1) is 17.1 Å². The van der Waals surface area contributed by atoms with Gasteiger partial charge in [-0.2, -0.15) is 0 Å². The molecule has 2 rings (SSSR count). The summed E-state index contributed by atoms with van der Waals surface area (Å²) < 4.78 is 28.0. The normalized spacial score (nSPS) is 10.7. The summed E-state index contributed by atoms with van der Waals surface area (Å²) in [5, 5.41) is 1.71. The third kappa shape index (κ3) is 2.36. The number of halogens is 2. The van der Waals surface area contributed by atoms with Crippen molar-refractivity contribution in [2.45, 2.75) is 13.8 Å². The Morgan fingerprint density at radius 3 is 2.28 bits per heavy atom. The van der Waals surface area contributed by atoms with E-state index in [1.54, 1.807) is 10.3 Å². The van der Waals surface area contributed by atoms with Gasteiger partial charge >= 0.3 is 0 Å². The maximum atomic E-state index is 14.0. The largest absolute Gasteiger partial charge is 0.367 e. The first-order valence-electron chi connectivity index (χ1n) is 5.73. The first-order valence-corrected chi connectivity index (χ1v) is 6.61. The highest BCUT2D eigenvalue weighted by Crippen LogP contribution is 2.29. The summed E-state index contributed by atoms with van der Waals surface area (Å²) in [5.41, 5.74) is 3.68. The molecule has 95 valence electrons. The third-order valence-electron chi connectivity index (χ3n) is 2.78. The van der Waals surface area contributed by atoms with Gasteiger partial charge in [0.25, 0.3) is 0 Å². The number of rotatable bonds is 4. The van der Waals surface area contributed by atoms with Crippen LogP contribution in [0.4, 0.5) is 14.5 Å². The molecule has 0 unspecified atom stereocenters. The average molecular weight is 267 g/mol. The Kier molecular flexibility index (Phi) is 3.91. The monoisotopic (exact) mass is 267 g/mol. The van der Waals surface area contributed by atoms with Crippen LogP contribution in [0.2, 0.25) is 0 Å². The molecule has 0 fully saturated rings. The van der Waals surface area contributed by atoms with Crippen molar-refractivity contribution in [3.8, 4) is 11.3 Å². The molecule has 1 radical (unpaired) electrons. The van der Waals surface area contributed by atoms with Gasteiger partial charge in [-0.1, -0.05) is 0 Å². The molecule has 0 atom stereocenters. The fourth-order valence-electron chi connectivity index (χ4n) is 1.87. The van der Waals surface area contributed by atoms with Crippen molar-refractivity contribution < 1.29 is 8.78 Å². The minimum Gasteiger partial charge on any atom is -0.367 e. The lowest BCUT2D eigenvalue weighted by atomic mass is 10.1. The number of thiazole rings is 1. The fourth-order valence-corrected chi connectivity index (χ4v) is 2.38. The van der Waals surface area contributed by atoms with E-state index >= 15 is 0 Å². The van der Waals surface area contributed by atoms with E-state index in [1.165, 1.54) is 23.5 Å². The number of nitrogens with zero attached hydrogens (tertiary/aromatic N) is 2. The summed E-state index contributed by atoms with van der Waals surface area (Å²) in [6, 6.07) is 2.64. The van der Waals surface area contributed by atoms with Gasteiger partial charge in [0, 0.05) is 24.0 Å². The zero-order chi connectivity index (χ0) is 13.1. The quantitative estimate of drug-likeness (QED) is 0.839. The fraction of sp³-hybridized carbons (Fsp3) is 0.308. The minimum atomic E-state index is -0.554. The summed E-state index contributed by atoms with van der Waals surface area (Å²) in [6.45, 7) is 4.86. The second-order valence-corrected chi connectivity index (χ2v) is 4.44. The number of benzene rings is 1. The number of anilines is 1. The summed E-state index contributed by atoms with van der Waals surface area (Å²) in [4.78, 5) is 5.58. The topological polar surface area (TPSA) is 16.1 Å². The third-order valence-corrected chi connectivity index (χ3v) is 3.32. The number of aromatic nitrogens is 1. The molecule has 18 heavy (non-hydrogen) atoms. The molecular weight excluding hydrogens is 254 g/mol. The van der Waals surface area contributed by atoms with E-state index < -0.39 is 11.6 Å². The van der Waals surface area contributed by atoms with Crippen LogP contribution in [-0.2, 0) is 0 Å². The van der Waals surface area contributed by atoms with Gasteiger partial charge in [-0.3, -0.25) is 0 Å². The molecule has 0 aliphatic rings. The van der Waals surface area contributed by atoms with Crippen LogP contribution in [0.5, 0.6) is 0 Å². The van der Waals surface area contributed by atoms with Crippen molar-refractivity contribution in [3.05, 3.63) is 34.7 Å². The molecule has 1 aromatic carbocycles. The SMILES string of the molecule is CCN(CC)c1c(F)cc(-c2cs[c]n2)cc1F. The van der Waals surface area contributed by atoms with Gasteiger partial charge in [-0.15, -0.1) is 11.3 Å². The summed E-state index contributed by atoms with van der Waals surface area (Å²) in [6.07, 6.45) is 0. The Morgan fingerprint density at radius 2 is 1.83 bits per heavy atom. The molecule has 2 aromatic rings. The maximum absolute atomic E-state index is 14.0. The average Bonchev–Trinajstić information content (AvgIpc) is 2.87. The van der Waals surface area contributed by atoms with Crippen LogP contribution in [0.3, 0.4) is 0 Å². The Labute approximate surface area is 109 Å². The van der Waals surface area contributed by atoms with Crippen molar-refractivity contribution in [1.29, 1.82) is 0 Å². The summed E-state index contributed by atoms with van der Waals surface area (Å²) >= 11 is 1.27. The summed E-state index contributed by atoms with van der Waals surface area (Å²) in [7, 11) is 0. The molecule has 0 bridgehead atoms. The molecule has 0 aliphatic heterocycles. The van der Waals surface area contributed by atoms with E-state index in [0.717, 1.165) is 0 Å². The van der Waals surface area contributed by atoms with E-state index in [-0.39, 0.29) is 5.69 Å². The van der Waals surface area contributed by atoms with E-state index in [2.05, 4.69) is 10.5 Å². The lowest BCUT2D eigenvalue weighted by Crippen LogP contribution is -2.24. The predicted octanol–water partition coefficient (Wildman–Crippen LogP) is 3.73. The second-order valence-electron chi connectivity index (χ2n) is 3.78. The molecule has 1 heterocycles. The predicted molar refractivity (Wildman–Crippen MR) is 69.9 cm³/mol. The maximum Gasteiger partial charge on any atom is 0.152 e. The highest BCUT2D eigenvalue weighted by molar-refractivity contribution is 7.07. The van der Waals surface area contributed by atoms with Crippen LogP contribution in [-0.4, -0.2) is 18.1 Å². The van der Waals surface area contributed by atoms with Crippen LogP contribution in [0.1, 0.15) is 13.8 Å². The number of hydrogen-bond acceptors (Lipinski definition) is 3. The molecule has 0 amide bonds. The van der Waals surface area contributed by atoms with Crippen molar-refractivity contribution >= 4 is 17.0 Å². The number of hydrogen-bond donors (Lipinski definition) is 0. The first-order chi connectivity index (χ1) is 8.67. The molecule has 0 saturated carbocycles. The van der Waals surface area contributed by atoms with Gasteiger partial charge in [0.05, 0.1) is 5.69 Å². The molecule has 0 N–H and O–H groups in total. The van der Waals surface area contributed by atoms with Gasteiger partial charge < -0.3 is 4.90 Å². The smallest absolute Gasteiger partial charge is 0.152 e. The molecule has 0 spiro atoms.